The van der Waals surface area contributed by atoms with E-state index < -0.39 is 12.1 Å². The lowest BCUT2D eigenvalue weighted by Crippen LogP contribution is -2.45. The van der Waals surface area contributed by atoms with Crippen LogP contribution in [0.4, 0.5) is 30.4 Å². The molecule has 7 nitrogen and oxygen atoms in total. The molecule has 0 spiro atoms. The van der Waals surface area contributed by atoms with Gasteiger partial charge in [0.25, 0.3) is 0 Å². The number of hydrogen-bond donors (Lipinski definition) is 1. The van der Waals surface area contributed by atoms with Gasteiger partial charge in [0, 0.05) is 35.1 Å². The monoisotopic (exact) mass is 603 g/mol. The van der Waals surface area contributed by atoms with Crippen molar-refractivity contribution in [3.8, 4) is 5.75 Å². The van der Waals surface area contributed by atoms with Crippen molar-refractivity contribution in [3.05, 3.63) is 95.7 Å². The van der Waals surface area contributed by atoms with Crippen LogP contribution >= 0.6 is 11.8 Å². The Morgan fingerprint density at radius 1 is 1.00 bits per heavy atom. The number of amidine groups is 1. The van der Waals surface area contributed by atoms with Crippen molar-refractivity contribution >= 4 is 56.9 Å². The molecule has 3 aromatic carbocycles. The van der Waals surface area contributed by atoms with Gasteiger partial charge in [0.15, 0.2) is 16.7 Å². The van der Waals surface area contributed by atoms with Gasteiger partial charge in [-0.2, -0.15) is 0 Å². The third-order valence-electron chi connectivity index (χ3n) is 7.24. The SMILES string of the molecule is Cc1cccc(C)c1N1/C(=N/c2cc3ccc(C4=CCN(c5ccc(OC(F)(F)F)cc5)C=N4)cc3cn2)SCC1(C)O. The molecule has 2 aliphatic rings. The number of aryl methyl sites for hydroxylation is 2. The van der Waals surface area contributed by atoms with Gasteiger partial charge in [-0.15, -0.1) is 13.2 Å². The summed E-state index contributed by atoms with van der Waals surface area (Å²) in [6.45, 7) is 6.36. The third-order valence-corrected chi connectivity index (χ3v) is 8.47. The average molecular weight is 604 g/mol. The minimum atomic E-state index is -4.73. The molecule has 4 aromatic rings. The Labute approximate surface area is 251 Å². The molecule has 1 aromatic heterocycles. The molecular weight excluding hydrogens is 575 g/mol. The highest BCUT2D eigenvalue weighted by atomic mass is 32.2. The van der Waals surface area contributed by atoms with Crippen LogP contribution in [0.1, 0.15) is 23.6 Å². The van der Waals surface area contributed by atoms with Crippen molar-refractivity contribution in [2.75, 3.05) is 22.1 Å². The zero-order valence-corrected chi connectivity index (χ0v) is 24.4. The second-order valence-corrected chi connectivity index (χ2v) is 11.6. The van der Waals surface area contributed by atoms with Crippen LogP contribution in [0.5, 0.6) is 5.75 Å². The summed E-state index contributed by atoms with van der Waals surface area (Å²) in [5.41, 5.74) is 4.39. The van der Waals surface area contributed by atoms with Crippen molar-refractivity contribution < 1.29 is 23.0 Å². The van der Waals surface area contributed by atoms with Crippen LogP contribution in [0, 0.1) is 13.8 Å². The Hall–Kier alpha value is -4.35. The van der Waals surface area contributed by atoms with E-state index in [-0.39, 0.29) is 5.75 Å². The van der Waals surface area contributed by atoms with Crippen LogP contribution in [0.3, 0.4) is 0 Å². The number of aliphatic hydroxyl groups is 1. The molecule has 1 fully saturated rings. The third kappa shape index (κ3) is 6.09. The maximum absolute atomic E-state index is 12.4. The normalized spacial score (nSPS) is 19.8. The summed E-state index contributed by atoms with van der Waals surface area (Å²) in [5, 5.41) is 13.8. The fourth-order valence-corrected chi connectivity index (χ4v) is 6.29. The van der Waals surface area contributed by atoms with Crippen molar-refractivity contribution in [2.45, 2.75) is 32.9 Å². The highest BCUT2D eigenvalue weighted by Crippen LogP contribution is 2.40. The maximum Gasteiger partial charge on any atom is 0.573 e. The van der Waals surface area contributed by atoms with E-state index in [1.165, 1.54) is 23.9 Å². The molecule has 1 N–H and O–H groups in total. The van der Waals surface area contributed by atoms with Gasteiger partial charge in [-0.1, -0.05) is 42.1 Å². The number of rotatable bonds is 5. The Bertz CT molecular complexity index is 1760. The molecule has 43 heavy (non-hydrogen) atoms. The molecule has 1 atom stereocenters. The first-order valence-corrected chi connectivity index (χ1v) is 14.5. The summed E-state index contributed by atoms with van der Waals surface area (Å²) in [6.07, 6.45) is 0.673. The van der Waals surface area contributed by atoms with E-state index >= 15 is 0 Å². The molecule has 0 saturated carbocycles. The van der Waals surface area contributed by atoms with E-state index in [2.05, 4.69) is 14.7 Å². The summed E-state index contributed by atoms with van der Waals surface area (Å²) in [7, 11) is 0. The molecule has 3 heterocycles. The van der Waals surface area contributed by atoms with Gasteiger partial charge in [0.05, 0.1) is 17.7 Å². The van der Waals surface area contributed by atoms with Crippen LogP contribution in [0.25, 0.3) is 16.5 Å². The van der Waals surface area contributed by atoms with Crippen LogP contribution in [0.2, 0.25) is 0 Å². The lowest BCUT2D eigenvalue weighted by atomic mass is 10.1. The number of para-hydroxylation sites is 1. The lowest BCUT2D eigenvalue weighted by molar-refractivity contribution is -0.274. The van der Waals surface area contributed by atoms with Crippen LogP contribution in [-0.4, -0.2) is 46.0 Å². The number of nitrogens with zero attached hydrogens (tertiary/aromatic N) is 5. The van der Waals surface area contributed by atoms with Crippen molar-refractivity contribution in [1.82, 2.24) is 4.98 Å². The number of ether oxygens (including phenoxy) is 1. The Morgan fingerprint density at radius 3 is 2.42 bits per heavy atom. The number of benzene rings is 3. The van der Waals surface area contributed by atoms with E-state index in [4.69, 9.17) is 4.99 Å². The maximum atomic E-state index is 12.4. The van der Waals surface area contributed by atoms with E-state index in [0.717, 1.165) is 38.8 Å². The second-order valence-electron chi connectivity index (χ2n) is 10.6. The fraction of sp³-hybridized carbons (Fsp3) is 0.219. The summed E-state index contributed by atoms with van der Waals surface area (Å²) in [5.74, 6) is 0.767. The van der Waals surface area contributed by atoms with Crippen LogP contribution in [0.15, 0.2) is 89.0 Å². The molecule has 6 rings (SSSR count). The van der Waals surface area contributed by atoms with Crippen LogP contribution in [-0.2, 0) is 0 Å². The molecule has 0 amide bonds. The Morgan fingerprint density at radius 2 is 1.74 bits per heavy atom. The highest BCUT2D eigenvalue weighted by Gasteiger charge is 2.41. The van der Waals surface area contributed by atoms with Gasteiger partial charge in [0.2, 0.25) is 0 Å². The van der Waals surface area contributed by atoms with Crippen LogP contribution < -0.4 is 14.5 Å². The first kappa shape index (κ1) is 28.8. The molecule has 1 unspecified atom stereocenters. The summed E-state index contributed by atoms with van der Waals surface area (Å²) in [6, 6.07) is 19.7. The number of fused-ring (bicyclic) bond motifs is 1. The molecule has 0 radical (unpaired) electrons. The van der Waals surface area contributed by atoms with Crippen molar-refractivity contribution in [1.29, 1.82) is 0 Å². The van der Waals surface area contributed by atoms with E-state index in [1.807, 2.05) is 72.2 Å². The number of aromatic nitrogens is 1. The fourth-order valence-electron chi connectivity index (χ4n) is 5.18. The van der Waals surface area contributed by atoms with Gasteiger partial charge < -0.3 is 14.7 Å². The van der Waals surface area contributed by atoms with E-state index in [0.29, 0.717) is 29.0 Å². The van der Waals surface area contributed by atoms with Gasteiger partial charge in [-0.3, -0.25) is 4.90 Å². The molecule has 1 saturated heterocycles. The number of halogens is 3. The summed E-state index contributed by atoms with van der Waals surface area (Å²) >= 11 is 1.50. The first-order valence-electron chi connectivity index (χ1n) is 13.5. The minimum Gasteiger partial charge on any atom is -0.406 e. The molecular formula is C32H28F3N5O2S. The topological polar surface area (TPSA) is 73.5 Å². The predicted octanol–water partition coefficient (Wildman–Crippen LogP) is 7.59. The smallest absolute Gasteiger partial charge is 0.406 e. The number of hydrogen-bond acceptors (Lipinski definition) is 7. The van der Waals surface area contributed by atoms with Gasteiger partial charge >= 0.3 is 6.36 Å². The van der Waals surface area contributed by atoms with Gasteiger partial charge in [-0.25, -0.2) is 15.0 Å². The molecule has 2 aliphatic heterocycles. The van der Waals surface area contributed by atoms with E-state index in [1.54, 1.807) is 31.6 Å². The first-order chi connectivity index (χ1) is 20.5. The predicted molar refractivity (Wildman–Crippen MR) is 167 cm³/mol. The molecule has 0 aliphatic carbocycles. The molecule has 0 bridgehead atoms. The quantitative estimate of drug-likeness (QED) is 0.253. The zero-order valence-electron chi connectivity index (χ0n) is 23.6. The largest absolute Gasteiger partial charge is 0.573 e. The Balaban J connectivity index is 1.20. The number of thioether (sulfide) groups is 1. The number of aliphatic imine (C=N–C) groups is 2. The Kier molecular flexibility index (Phi) is 7.39. The molecule has 220 valence electrons. The van der Waals surface area contributed by atoms with Gasteiger partial charge in [0.1, 0.15) is 5.75 Å². The van der Waals surface area contributed by atoms with Crippen molar-refractivity contribution in [3.63, 3.8) is 0 Å². The summed E-state index contributed by atoms with van der Waals surface area (Å²) < 4.78 is 41.3. The second kappa shape index (κ2) is 11.1. The number of alkyl halides is 3. The summed E-state index contributed by atoms with van der Waals surface area (Å²) in [4.78, 5) is 17.8. The standard InChI is InChI=1S/C32H28F3N5O2S/c1-20-5-4-6-21(2)29(20)40-30(43-18-31(40,3)41)38-28-16-22-7-8-23(15-24(22)17-36-28)27-13-14-39(19-37-27)25-9-11-26(12-10-25)42-32(33,34)35/h4-13,15-17,19,41H,14,18H2,1-3H3/b38-30-. The van der Waals surface area contributed by atoms with Crippen molar-refractivity contribution in [2.24, 2.45) is 9.98 Å². The highest BCUT2D eigenvalue weighted by molar-refractivity contribution is 8.14. The minimum absolute atomic E-state index is 0.270. The zero-order chi connectivity index (χ0) is 30.4. The molecule has 11 heteroatoms. The lowest BCUT2D eigenvalue weighted by Gasteiger charge is -2.33. The number of anilines is 2. The van der Waals surface area contributed by atoms with Gasteiger partial charge in [-0.05, 0) is 79.8 Å². The average Bonchev–Trinajstić information content (AvgIpc) is 3.25. The van der Waals surface area contributed by atoms with E-state index in [9.17, 15) is 18.3 Å². The number of pyridine rings is 1.